The van der Waals surface area contributed by atoms with Gasteiger partial charge in [0.15, 0.2) is 0 Å². The quantitative estimate of drug-likeness (QED) is 0.538. The molecule has 0 saturated carbocycles. The van der Waals surface area contributed by atoms with Crippen LogP contribution in [0.2, 0.25) is 5.02 Å². The lowest BCUT2D eigenvalue weighted by atomic mass is 9.98. The van der Waals surface area contributed by atoms with Crippen molar-refractivity contribution in [1.29, 1.82) is 0 Å². The maximum Gasteiger partial charge on any atom is 0.373 e. The molecule has 1 fully saturated rings. The Morgan fingerprint density at radius 1 is 1.00 bits per heavy atom. The molecule has 0 unspecified atom stereocenters. The van der Waals surface area contributed by atoms with E-state index in [0.717, 1.165) is 35.4 Å². The SMILES string of the molecule is Cc1cc(N2CCC(C)CC2)c2c(C)cn(-c3c(C)cc(Cl)cc3C)c2n1.O=C=O. The fraction of sp³-hybridized carbons (Fsp3) is 0.417. The number of carbonyl (C=O) groups excluding carboxylic acids is 2. The van der Waals surface area contributed by atoms with Crippen molar-refractivity contribution in [3.8, 4) is 5.69 Å². The molecule has 2 aromatic heterocycles. The van der Waals surface area contributed by atoms with Gasteiger partial charge >= 0.3 is 6.15 Å². The van der Waals surface area contributed by atoms with E-state index >= 15 is 0 Å². The summed E-state index contributed by atoms with van der Waals surface area (Å²) in [6, 6.07) is 6.33. The smallest absolute Gasteiger partial charge is 0.371 e. The summed E-state index contributed by atoms with van der Waals surface area (Å²) in [7, 11) is 0. The number of rotatable bonds is 2. The molecule has 30 heavy (non-hydrogen) atoms. The molecule has 158 valence electrons. The second kappa shape index (κ2) is 9.03. The van der Waals surface area contributed by atoms with Gasteiger partial charge in [0, 0.05) is 41.1 Å². The molecule has 1 saturated heterocycles. The van der Waals surface area contributed by atoms with Crippen molar-refractivity contribution in [1.82, 2.24) is 9.55 Å². The van der Waals surface area contributed by atoms with E-state index in [1.165, 1.54) is 46.3 Å². The first-order valence-corrected chi connectivity index (χ1v) is 10.6. The van der Waals surface area contributed by atoms with Crippen LogP contribution in [0.25, 0.3) is 16.7 Å². The van der Waals surface area contributed by atoms with Gasteiger partial charge in [0.2, 0.25) is 0 Å². The van der Waals surface area contributed by atoms with E-state index in [-0.39, 0.29) is 6.15 Å². The van der Waals surface area contributed by atoms with Crippen LogP contribution >= 0.6 is 11.6 Å². The zero-order valence-electron chi connectivity index (χ0n) is 18.3. The van der Waals surface area contributed by atoms with Crippen LogP contribution in [-0.2, 0) is 9.59 Å². The maximum atomic E-state index is 8.12. The molecular weight excluding hydrogens is 398 g/mol. The van der Waals surface area contributed by atoms with Crippen LogP contribution in [0.4, 0.5) is 5.69 Å². The van der Waals surface area contributed by atoms with Gasteiger partial charge in [0.1, 0.15) is 5.65 Å². The Kier molecular flexibility index (Phi) is 6.64. The van der Waals surface area contributed by atoms with Gasteiger partial charge in [0.05, 0.1) is 5.69 Å². The fourth-order valence-corrected chi connectivity index (χ4v) is 4.79. The number of hydrogen-bond acceptors (Lipinski definition) is 4. The van der Waals surface area contributed by atoms with Crippen molar-refractivity contribution in [3.63, 3.8) is 0 Å². The molecule has 6 heteroatoms. The van der Waals surface area contributed by atoms with Gasteiger partial charge < -0.3 is 9.47 Å². The van der Waals surface area contributed by atoms with Crippen molar-refractivity contribution in [3.05, 3.63) is 51.8 Å². The molecule has 1 aromatic carbocycles. The number of hydrogen-bond donors (Lipinski definition) is 0. The van der Waals surface area contributed by atoms with Crippen LogP contribution in [0.15, 0.2) is 24.4 Å². The van der Waals surface area contributed by atoms with Crippen LogP contribution in [0.3, 0.4) is 0 Å². The summed E-state index contributed by atoms with van der Waals surface area (Å²) in [5.41, 5.74) is 8.27. The molecular formula is C24H28ClN3O2. The number of anilines is 1. The largest absolute Gasteiger partial charge is 0.373 e. The molecule has 0 bridgehead atoms. The standard InChI is InChI=1S/C23H28ClN3.CO2/c1-14-6-8-26(9-7-14)20-12-18(5)25-23-21(20)17(4)13-27(23)22-15(2)10-19(24)11-16(22)3;2-1-3/h10-14H,6-9H2,1-5H3;. The van der Waals surface area contributed by atoms with Crippen LogP contribution in [0.5, 0.6) is 0 Å². The van der Waals surface area contributed by atoms with Gasteiger partial charge in [0.25, 0.3) is 0 Å². The lowest BCUT2D eigenvalue weighted by Crippen LogP contribution is -2.33. The van der Waals surface area contributed by atoms with Crippen LogP contribution in [0.1, 0.15) is 42.1 Å². The Hall–Kier alpha value is -2.62. The molecule has 0 spiro atoms. The number of fused-ring (bicyclic) bond motifs is 1. The van der Waals surface area contributed by atoms with Crippen LogP contribution in [0, 0.1) is 33.6 Å². The molecule has 1 aliphatic rings. The van der Waals surface area contributed by atoms with Crippen LogP contribution in [-0.4, -0.2) is 28.8 Å². The summed E-state index contributed by atoms with van der Waals surface area (Å²) in [4.78, 5) is 23.8. The number of pyridine rings is 1. The van der Waals surface area contributed by atoms with E-state index in [1.54, 1.807) is 0 Å². The summed E-state index contributed by atoms with van der Waals surface area (Å²) in [5, 5.41) is 2.07. The highest BCUT2D eigenvalue weighted by molar-refractivity contribution is 6.30. The van der Waals surface area contributed by atoms with E-state index in [2.05, 4.69) is 56.3 Å². The normalized spacial score (nSPS) is 14.4. The van der Waals surface area contributed by atoms with E-state index in [4.69, 9.17) is 26.2 Å². The summed E-state index contributed by atoms with van der Waals surface area (Å²) in [6.07, 6.45) is 5.01. The number of nitrogens with zero attached hydrogens (tertiary/aromatic N) is 3. The number of aromatic nitrogens is 2. The first-order valence-electron chi connectivity index (χ1n) is 10.3. The van der Waals surface area contributed by atoms with Gasteiger partial charge in [-0.3, -0.25) is 0 Å². The second-order valence-electron chi connectivity index (χ2n) is 8.30. The average molecular weight is 426 g/mol. The third kappa shape index (κ3) is 4.28. The molecule has 0 amide bonds. The number of piperidine rings is 1. The molecule has 1 aliphatic heterocycles. The lowest BCUT2D eigenvalue weighted by Gasteiger charge is -2.33. The third-order valence-corrected chi connectivity index (χ3v) is 6.09. The summed E-state index contributed by atoms with van der Waals surface area (Å²) in [6.45, 7) is 13.2. The maximum absolute atomic E-state index is 8.12. The highest BCUT2D eigenvalue weighted by Crippen LogP contribution is 2.36. The Balaban J connectivity index is 0.000000806. The van der Waals surface area contributed by atoms with Gasteiger partial charge in [-0.1, -0.05) is 18.5 Å². The minimum atomic E-state index is 0.250. The predicted molar refractivity (Wildman–Crippen MR) is 121 cm³/mol. The highest BCUT2D eigenvalue weighted by atomic mass is 35.5. The minimum absolute atomic E-state index is 0.250. The van der Waals surface area contributed by atoms with Gasteiger partial charge in [-0.25, -0.2) is 4.98 Å². The van der Waals surface area contributed by atoms with E-state index in [0.29, 0.717) is 0 Å². The highest BCUT2D eigenvalue weighted by Gasteiger charge is 2.22. The minimum Gasteiger partial charge on any atom is -0.371 e. The summed E-state index contributed by atoms with van der Waals surface area (Å²) >= 11 is 6.27. The zero-order valence-corrected chi connectivity index (χ0v) is 19.0. The molecule has 3 aromatic rings. The lowest BCUT2D eigenvalue weighted by molar-refractivity contribution is -0.191. The molecule has 0 atom stereocenters. The molecule has 3 heterocycles. The third-order valence-electron chi connectivity index (χ3n) is 5.87. The van der Waals surface area contributed by atoms with Gasteiger partial charge in [-0.05, 0) is 81.3 Å². The van der Waals surface area contributed by atoms with Crippen molar-refractivity contribution in [2.75, 3.05) is 18.0 Å². The topological polar surface area (TPSA) is 55.2 Å². The average Bonchev–Trinajstić information content (AvgIpc) is 2.98. The molecule has 0 radical (unpaired) electrons. The van der Waals surface area contributed by atoms with Gasteiger partial charge in [-0.15, -0.1) is 0 Å². The predicted octanol–water partition coefficient (Wildman–Crippen LogP) is 5.57. The van der Waals surface area contributed by atoms with E-state index in [9.17, 15) is 0 Å². The number of aryl methyl sites for hydroxylation is 4. The molecule has 0 aliphatic carbocycles. The Labute approximate surface area is 182 Å². The summed E-state index contributed by atoms with van der Waals surface area (Å²) in [5.74, 6) is 0.824. The Bertz CT molecular complexity index is 1080. The monoisotopic (exact) mass is 425 g/mol. The van der Waals surface area contributed by atoms with Crippen molar-refractivity contribution >= 4 is 34.5 Å². The van der Waals surface area contributed by atoms with Crippen LogP contribution < -0.4 is 4.90 Å². The first kappa shape index (κ1) is 22.1. The van der Waals surface area contributed by atoms with E-state index in [1.807, 2.05) is 12.1 Å². The summed E-state index contributed by atoms with van der Waals surface area (Å²) < 4.78 is 2.26. The molecule has 0 N–H and O–H groups in total. The Morgan fingerprint density at radius 3 is 2.13 bits per heavy atom. The molecule has 4 rings (SSSR count). The Morgan fingerprint density at radius 2 is 1.57 bits per heavy atom. The van der Waals surface area contributed by atoms with Gasteiger partial charge in [-0.2, -0.15) is 9.59 Å². The second-order valence-corrected chi connectivity index (χ2v) is 8.74. The van der Waals surface area contributed by atoms with Crippen molar-refractivity contribution in [2.45, 2.75) is 47.5 Å². The van der Waals surface area contributed by atoms with Crippen molar-refractivity contribution < 1.29 is 9.59 Å². The number of halogens is 1. The van der Waals surface area contributed by atoms with E-state index < -0.39 is 0 Å². The van der Waals surface area contributed by atoms with Crippen molar-refractivity contribution in [2.24, 2.45) is 5.92 Å². The number of benzene rings is 1. The first-order chi connectivity index (χ1) is 14.3. The fourth-order valence-electron chi connectivity index (χ4n) is 4.46. The molecule has 5 nitrogen and oxygen atoms in total. The zero-order chi connectivity index (χ0) is 22.0.